The molecule has 0 radical (unpaired) electrons. The number of methoxy groups -OCH3 is 2. The van der Waals surface area contributed by atoms with E-state index in [0.29, 0.717) is 16.6 Å². The van der Waals surface area contributed by atoms with Crippen LogP contribution in [0.5, 0.6) is 11.5 Å². The summed E-state index contributed by atoms with van der Waals surface area (Å²) in [4.78, 5) is 25.2. The Kier molecular flexibility index (Phi) is 5.51. The summed E-state index contributed by atoms with van der Waals surface area (Å²) in [7, 11) is 3.12. The number of nitrogens with one attached hydrogen (secondary N) is 1. The fourth-order valence-electron chi connectivity index (χ4n) is 2.50. The van der Waals surface area contributed by atoms with Crippen LogP contribution >= 0.6 is 11.3 Å². The van der Waals surface area contributed by atoms with Gasteiger partial charge in [-0.05, 0) is 36.8 Å². The predicted octanol–water partition coefficient (Wildman–Crippen LogP) is 2.33. The van der Waals surface area contributed by atoms with Crippen molar-refractivity contribution in [3.05, 3.63) is 63.0 Å². The lowest BCUT2D eigenvalue weighted by Gasteiger charge is -2.11. The number of rotatable bonds is 6. The van der Waals surface area contributed by atoms with Crippen LogP contribution in [0.1, 0.15) is 20.9 Å². The number of carbonyl (C=O) groups excluding carboxylic acids is 1. The van der Waals surface area contributed by atoms with Crippen LogP contribution in [0, 0.1) is 6.92 Å². The van der Waals surface area contributed by atoms with Gasteiger partial charge in [0.1, 0.15) is 22.1 Å². The molecule has 0 saturated heterocycles. The van der Waals surface area contributed by atoms with Crippen molar-refractivity contribution in [1.29, 1.82) is 0 Å². The number of carbonyl (C=O) groups is 1. The summed E-state index contributed by atoms with van der Waals surface area (Å²) in [6, 6.07) is 8.50. The Bertz CT molecular complexity index is 1010. The van der Waals surface area contributed by atoms with E-state index in [1.807, 2.05) is 12.1 Å². The summed E-state index contributed by atoms with van der Waals surface area (Å²) in [5.41, 5.74) is 0.434. The molecule has 2 heterocycles. The van der Waals surface area contributed by atoms with Gasteiger partial charge < -0.3 is 14.0 Å². The first-order valence-corrected chi connectivity index (χ1v) is 8.84. The van der Waals surface area contributed by atoms with Gasteiger partial charge in [0.05, 0.1) is 20.8 Å². The maximum Gasteiger partial charge on any atom is 0.263 e. The third-order valence-electron chi connectivity index (χ3n) is 3.78. The van der Waals surface area contributed by atoms with Gasteiger partial charge in [-0.15, -0.1) is 10.2 Å². The zero-order valence-electron chi connectivity index (χ0n) is 15.1. The lowest BCUT2D eigenvalue weighted by molar-refractivity contribution is 0.102. The average molecular weight is 386 g/mol. The summed E-state index contributed by atoms with van der Waals surface area (Å²) < 4.78 is 12.0. The molecule has 9 heteroatoms. The number of amides is 1. The molecule has 0 atom stereocenters. The second-order valence-electron chi connectivity index (χ2n) is 5.66. The minimum Gasteiger partial charge on any atom is -0.497 e. The monoisotopic (exact) mass is 386 g/mol. The number of nitrogens with zero attached hydrogens (tertiary/aromatic N) is 3. The number of aromatic nitrogens is 3. The zero-order chi connectivity index (χ0) is 19.4. The third-order valence-corrected chi connectivity index (χ3v) is 4.53. The first kappa shape index (κ1) is 18.6. The molecule has 0 aliphatic heterocycles. The maximum absolute atomic E-state index is 12.7. The normalized spacial score (nSPS) is 10.5. The largest absolute Gasteiger partial charge is 0.497 e. The highest BCUT2D eigenvalue weighted by Gasteiger charge is 2.15. The topological polar surface area (TPSA) is 95.3 Å². The molecule has 8 nitrogen and oxygen atoms in total. The molecule has 0 fully saturated rings. The van der Waals surface area contributed by atoms with Crippen LogP contribution in [0.15, 0.2) is 41.3 Å². The van der Waals surface area contributed by atoms with E-state index in [9.17, 15) is 9.59 Å². The Hall–Kier alpha value is -3.20. The smallest absolute Gasteiger partial charge is 0.263 e. The Labute approximate surface area is 159 Å². The van der Waals surface area contributed by atoms with Crippen molar-refractivity contribution in [2.45, 2.75) is 13.5 Å². The van der Waals surface area contributed by atoms with Gasteiger partial charge in [0.2, 0.25) is 5.13 Å². The van der Waals surface area contributed by atoms with Gasteiger partial charge in [0, 0.05) is 12.3 Å². The van der Waals surface area contributed by atoms with E-state index in [2.05, 4.69) is 15.5 Å². The van der Waals surface area contributed by atoms with Crippen molar-refractivity contribution in [3.8, 4) is 11.5 Å². The van der Waals surface area contributed by atoms with Crippen molar-refractivity contribution in [2.75, 3.05) is 19.5 Å². The molecular formula is C18H18N4O4S. The highest BCUT2D eigenvalue weighted by molar-refractivity contribution is 7.15. The highest BCUT2D eigenvalue weighted by Crippen LogP contribution is 2.23. The molecule has 3 aromatic rings. The molecule has 0 aliphatic rings. The van der Waals surface area contributed by atoms with Gasteiger partial charge in [-0.1, -0.05) is 11.3 Å². The third kappa shape index (κ3) is 4.32. The summed E-state index contributed by atoms with van der Waals surface area (Å²) in [5, 5.41) is 11.4. The number of ether oxygens (including phenoxy) is 2. The van der Waals surface area contributed by atoms with Gasteiger partial charge >= 0.3 is 0 Å². The van der Waals surface area contributed by atoms with E-state index in [-0.39, 0.29) is 12.1 Å². The molecule has 27 heavy (non-hydrogen) atoms. The Balaban J connectivity index is 1.87. The van der Waals surface area contributed by atoms with E-state index in [1.54, 1.807) is 39.5 Å². The number of hydrogen-bond donors (Lipinski definition) is 1. The Morgan fingerprint density at radius 2 is 1.89 bits per heavy atom. The van der Waals surface area contributed by atoms with Crippen LogP contribution in [-0.2, 0) is 6.54 Å². The van der Waals surface area contributed by atoms with Gasteiger partial charge in [-0.2, -0.15) is 0 Å². The van der Waals surface area contributed by atoms with Gasteiger partial charge in [0.15, 0.2) is 0 Å². The second-order valence-corrected chi connectivity index (χ2v) is 6.84. The molecular weight excluding hydrogens is 368 g/mol. The number of benzene rings is 1. The maximum atomic E-state index is 12.7. The number of pyridine rings is 1. The van der Waals surface area contributed by atoms with Crippen LogP contribution in [-0.4, -0.2) is 34.9 Å². The molecule has 0 unspecified atom stereocenters. The molecule has 0 spiro atoms. The van der Waals surface area contributed by atoms with Crippen LogP contribution in [0.25, 0.3) is 0 Å². The van der Waals surface area contributed by atoms with Gasteiger partial charge in [0.25, 0.3) is 11.5 Å². The average Bonchev–Trinajstić information content (AvgIpc) is 3.07. The molecule has 2 aromatic heterocycles. The molecule has 1 amide bonds. The molecule has 0 saturated carbocycles. The summed E-state index contributed by atoms with van der Waals surface area (Å²) >= 11 is 1.24. The van der Waals surface area contributed by atoms with Crippen LogP contribution in [0.3, 0.4) is 0 Å². The van der Waals surface area contributed by atoms with E-state index >= 15 is 0 Å². The van der Waals surface area contributed by atoms with Crippen LogP contribution in [0.4, 0.5) is 5.13 Å². The molecule has 1 aromatic carbocycles. The van der Waals surface area contributed by atoms with Crippen LogP contribution < -0.4 is 20.3 Å². The van der Waals surface area contributed by atoms with Crippen LogP contribution in [0.2, 0.25) is 0 Å². The number of hydrogen-bond acceptors (Lipinski definition) is 7. The highest BCUT2D eigenvalue weighted by atomic mass is 32.1. The van der Waals surface area contributed by atoms with Gasteiger partial charge in [-0.3, -0.25) is 14.9 Å². The van der Waals surface area contributed by atoms with E-state index < -0.39 is 11.5 Å². The summed E-state index contributed by atoms with van der Waals surface area (Å²) in [5.74, 6) is 0.726. The van der Waals surface area contributed by atoms with E-state index in [4.69, 9.17) is 9.47 Å². The number of anilines is 1. The molecule has 1 N–H and O–H groups in total. The molecule has 3 rings (SSSR count). The SMILES string of the molecule is COc1cc(Cn2cccc(C(=O)Nc3nnc(C)s3)c2=O)cc(OC)c1. The lowest BCUT2D eigenvalue weighted by atomic mass is 10.2. The summed E-state index contributed by atoms with van der Waals surface area (Å²) in [6.07, 6.45) is 1.63. The first-order valence-electron chi connectivity index (χ1n) is 8.03. The van der Waals surface area contributed by atoms with E-state index in [0.717, 1.165) is 10.6 Å². The van der Waals surface area contributed by atoms with Gasteiger partial charge in [-0.25, -0.2) is 0 Å². The number of aryl methyl sites for hydroxylation is 1. The minimum atomic E-state index is -0.520. The summed E-state index contributed by atoms with van der Waals surface area (Å²) in [6.45, 7) is 2.05. The van der Waals surface area contributed by atoms with E-state index in [1.165, 1.54) is 22.0 Å². The van der Waals surface area contributed by atoms with Crippen molar-refractivity contribution >= 4 is 22.4 Å². The molecule has 0 bridgehead atoms. The predicted molar refractivity (Wildman–Crippen MR) is 102 cm³/mol. The Morgan fingerprint density at radius 3 is 2.48 bits per heavy atom. The molecule has 140 valence electrons. The van der Waals surface area contributed by atoms with Crippen molar-refractivity contribution in [1.82, 2.24) is 14.8 Å². The standard InChI is InChI=1S/C18H18N4O4S/c1-11-20-21-18(27-11)19-16(23)15-5-4-6-22(17(15)24)10-12-7-13(25-2)9-14(8-12)26-3/h4-9H,10H2,1-3H3,(H,19,21,23). The minimum absolute atomic E-state index is 0.0280. The fourth-order valence-corrected chi connectivity index (χ4v) is 3.09. The quantitative estimate of drug-likeness (QED) is 0.699. The fraction of sp³-hybridized carbons (Fsp3) is 0.222. The first-order chi connectivity index (χ1) is 13.0. The van der Waals surface area contributed by atoms with Crippen molar-refractivity contribution in [2.24, 2.45) is 0 Å². The zero-order valence-corrected chi connectivity index (χ0v) is 15.9. The molecule has 0 aliphatic carbocycles. The van der Waals surface area contributed by atoms with Crippen molar-refractivity contribution < 1.29 is 14.3 Å². The van der Waals surface area contributed by atoms with Crippen molar-refractivity contribution in [3.63, 3.8) is 0 Å². The lowest BCUT2D eigenvalue weighted by Crippen LogP contribution is -2.29. The second kappa shape index (κ2) is 8.00. The Morgan fingerprint density at radius 1 is 1.19 bits per heavy atom.